The number of nitrogens with zero attached hydrogens (tertiary/aromatic N) is 2. The molecule has 2 nitrogen and oxygen atoms in total. The molecule has 76 valence electrons. The van der Waals surface area contributed by atoms with Crippen molar-refractivity contribution in [3.8, 4) is 0 Å². The number of rotatable bonds is 1. The molecule has 2 rings (SSSR count). The third-order valence-corrected chi connectivity index (χ3v) is 3.46. The molecule has 0 bridgehead atoms. The summed E-state index contributed by atoms with van der Waals surface area (Å²) in [6, 6.07) is 0.902. The van der Waals surface area contributed by atoms with Crippen molar-refractivity contribution < 1.29 is 0 Å². The Labute approximate surface area is 81.9 Å². The maximum Gasteiger partial charge on any atom is 0.0113 e. The first-order valence-corrected chi connectivity index (χ1v) is 5.60. The van der Waals surface area contributed by atoms with Crippen molar-refractivity contribution in [2.75, 3.05) is 33.2 Å². The van der Waals surface area contributed by atoms with Crippen molar-refractivity contribution in [2.45, 2.75) is 31.7 Å². The smallest absolute Gasteiger partial charge is 0.0113 e. The maximum absolute atomic E-state index is 2.70. The number of likely N-dealkylation sites (N-methyl/N-ethyl adjacent to an activating group) is 1. The monoisotopic (exact) mass is 181 g/mol. The van der Waals surface area contributed by atoms with E-state index >= 15 is 0 Å². The van der Waals surface area contributed by atoms with Crippen molar-refractivity contribution >= 4 is 0 Å². The first-order valence-electron chi connectivity index (χ1n) is 5.60. The summed E-state index contributed by atoms with van der Waals surface area (Å²) in [6.45, 7) is 5.11. The molecule has 1 saturated heterocycles. The van der Waals surface area contributed by atoms with Crippen LogP contribution in [0.25, 0.3) is 0 Å². The molecule has 0 aromatic heterocycles. The van der Waals surface area contributed by atoms with Crippen LogP contribution < -0.4 is 0 Å². The van der Waals surface area contributed by atoms with Crippen molar-refractivity contribution in [3.05, 3.63) is 6.42 Å². The Hall–Kier alpha value is -0.0800. The van der Waals surface area contributed by atoms with Crippen LogP contribution in [0.3, 0.4) is 0 Å². The second-order valence-electron chi connectivity index (χ2n) is 4.44. The Morgan fingerprint density at radius 1 is 1.00 bits per heavy atom. The number of hydrogen-bond donors (Lipinski definition) is 0. The predicted octanol–water partition coefficient (Wildman–Crippen LogP) is 1.38. The van der Waals surface area contributed by atoms with Crippen molar-refractivity contribution in [2.24, 2.45) is 0 Å². The lowest BCUT2D eigenvalue weighted by atomic mass is 9.94. The fourth-order valence-corrected chi connectivity index (χ4v) is 2.46. The fourth-order valence-electron chi connectivity index (χ4n) is 2.46. The zero-order valence-electron chi connectivity index (χ0n) is 8.71. The van der Waals surface area contributed by atoms with Gasteiger partial charge in [-0.1, -0.05) is 12.8 Å². The van der Waals surface area contributed by atoms with Gasteiger partial charge >= 0.3 is 0 Å². The van der Waals surface area contributed by atoms with E-state index in [1.54, 1.807) is 0 Å². The molecule has 0 unspecified atom stereocenters. The molecule has 1 aliphatic carbocycles. The molecule has 0 N–H and O–H groups in total. The molecule has 2 fully saturated rings. The van der Waals surface area contributed by atoms with E-state index in [4.69, 9.17) is 0 Å². The molecule has 0 radical (unpaired) electrons. The summed E-state index contributed by atoms with van der Waals surface area (Å²) in [5, 5.41) is 0. The molecule has 0 aromatic rings. The highest BCUT2D eigenvalue weighted by atomic mass is 15.3. The lowest BCUT2D eigenvalue weighted by Crippen LogP contribution is -2.49. The van der Waals surface area contributed by atoms with Crippen LogP contribution >= 0.6 is 0 Å². The molecule has 1 heterocycles. The highest BCUT2D eigenvalue weighted by Gasteiger charge is 2.21. The minimum atomic E-state index is 0.902. The highest BCUT2D eigenvalue weighted by molar-refractivity contribution is 4.84. The first kappa shape index (κ1) is 9.47. The van der Waals surface area contributed by atoms with Crippen LogP contribution in [0.4, 0.5) is 0 Å². The highest BCUT2D eigenvalue weighted by Crippen LogP contribution is 2.22. The van der Waals surface area contributed by atoms with Gasteiger partial charge in [0.2, 0.25) is 0 Å². The molecule has 2 heteroatoms. The summed E-state index contributed by atoms with van der Waals surface area (Å²) >= 11 is 0. The second kappa shape index (κ2) is 4.43. The van der Waals surface area contributed by atoms with Gasteiger partial charge in [-0.2, -0.15) is 12.8 Å². The van der Waals surface area contributed by atoms with Crippen LogP contribution in [0, 0.1) is 6.42 Å². The molecule has 1 saturated carbocycles. The Bertz CT molecular complexity index is 144. The van der Waals surface area contributed by atoms with E-state index in [9.17, 15) is 0 Å². The van der Waals surface area contributed by atoms with Crippen LogP contribution in [0.1, 0.15) is 25.7 Å². The van der Waals surface area contributed by atoms with E-state index in [1.165, 1.54) is 51.9 Å². The summed E-state index contributed by atoms with van der Waals surface area (Å²) < 4.78 is 0. The molecule has 0 aromatic carbocycles. The largest absolute Gasteiger partial charge is 0.328 e. The third kappa shape index (κ3) is 2.44. The summed E-state index contributed by atoms with van der Waals surface area (Å²) in [5.74, 6) is 0. The Morgan fingerprint density at radius 3 is 2.23 bits per heavy atom. The van der Waals surface area contributed by atoms with Gasteiger partial charge in [0, 0.05) is 32.2 Å². The average molecular weight is 181 g/mol. The van der Waals surface area contributed by atoms with Gasteiger partial charge in [0.25, 0.3) is 0 Å². The lowest BCUT2D eigenvalue weighted by molar-refractivity contribution is 0.0967. The molecular formula is C11H21N2-. The lowest BCUT2D eigenvalue weighted by Gasteiger charge is -2.41. The van der Waals surface area contributed by atoms with Crippen molar-refractivity contribution in [1.29, 1.82) is 0 Å². The molecule has 0 spiro atoms. The third-order valence-electron chi connectivity index (χ3n) is 3.46. The van der Waals surface area contributed by atoms with Crippen molar-refractivity contribution in [1.82, 2.24) is 9.80 Å². The Morgan fingerprint density at radius 2 is 1.62 bits per heavy atom. The van der Waals surface area contributed by atoms with Gasteiger partial charge in [-0.15, -0.1) is 0 Å². The van der Waals surface area contributed by atoms with Gasteiger partial charge in [0.1, 0.15) is 0 Å². The van der Waals surface area contributed by atoms with Crippen molar-refractivity contribution in [3.63, 3.8) is 0 Å². The van der Waals surface area contributed by atoms with Gasteiger partial charge in [0.05, 0.1) is 0 Å². The van der Waals surface area contributed by atoms with E-state index in [0.29, 0.717) is 0 Å². The zero-order chi connectivity index (χ0) is 9.10. The Balaban J connectivity index is 1.79. The predicted molar refractivity (Wildman–Crippen MR) is 55.6 cm³/mol. The van der Waals surface area contributed by atoms with E-state index < -0.39 is 0 Å². The molecule has 1 aliphatic heterocycles. The quantitative estimate of drug-likeness (QED) is 0.564. The average Bonchev–Trinajstić information content (AvgIpc) is 2.20. The molecule has 0 amide bonds. The summed E-state index contributed by atoms with van der Waals surface area (Å²) in [6.07, 6.45) is 7.95. The number of hydrogen-bond acceptors (Lipinski definition) is 2. The van der Waals surface area contributed by atoms with E-state index in [0.717, 1.165) is 6.04 Å². The SMILES string of the molecule is CN1CCN(C2CC[CH-]CC2)CC1. The minimum Gasteiger partial charge on any atom is -0.328 e. The van der Waals surface area contributed by atoms with Gasteiger partial charge < -0.3 is 11.3 Å². The topological polar surface area (TPSA) is 6.48 Å². The maximum atomic E-state index is 2.70. The summed E-state index contributed by atoms with van der Waals surface area (Å²) in [4.78, 5) is 5.14. The van der Waals surface area contributed by atoms with Gasteiger partial charge in [0.15, 0.2) is 0 Å². The van der Waals surface area contributed by atoms with Gasteiger partial charge in [-0.3, -0.25) is 4.90 Å². The Kier molecular flexibility index (Phi) is 3.23. The van der Waals surface area contributed by atoms with Crippen LogP contribution in [0.5, 0.6) is 0 Å². The standard InChI is InChI=1S/C11H21N2/c1-12-7-9-13(10-8-12)11-5-3-2-4-6-11/h2,11H,3-10H2,1H3/q-1. The van der Waals surface area contributed by atoms with E-state index in [1.807, 2.05) is 0 Å². The van der Waals surface area contributed by atoms with Crippen LogP contribution in [-0.4, -0.2) is 49.1 Å². The normalized spacial score (nSPS) is 29.3. The first-order chi connectivity index (χ1) is 6.36. The minimum absolute atomic E-state index is 0.902. The van der Waals surface area contributed by atoms with Crippen LogP contribution in [0.15, 0.2) is 0 Å². The summed E-state index contributed by atoms with van der Waals surface area (Å²) in [5.41, 5.74) is 0. The van der Waals surface area contributed by atoms with Crippen LogP contribution in [-0.2, 0) is 0 Å². The van der Waals surface area contributed by atoms with E-state index in [2.05, 4.69) is 23.3 Å². The summed E-state index contributed by atoms with van der Waals surface area (Å²) in [7, 11) is 2.23. The molecular weight excluding hydrogens is 160 g/mol. The second-order valence-corrected chi connectivity index (χ2v) is 4.44. The van der Waals surface area contributed by atoms with E-state index in [-0.39, 0.29) is 0 Å². The molecule has 2 aliphatic rings. The van der Waals surface area contributed by atoms with Gasteiger partial charge in [-0.05, 0) is 7.05 Å². The van der Waals surface area contributed by atoms with Gasteiger partial charge in [-0.25, -0.2) is 0 Å². The number of piperazine rings is 1. The molecule has 0 atom stereocenters. The van der Waals surface area contributed by atoms with Crippen LogP contribution in [0.2, 0.25) is 0 Å². The zero-order valence-corrected chi connectivity index (χ0v) is 8.71. The fraction of sp³-hybridized carbons (Fsp3) is 0.909. The molecule has 13 heavy (non-hydrogen) atoms.